The predicted molar refractivity (Wildman–Crippen MR) is 52.1 cm³/mol. The molecule has 1 heterocycles. The van der Waals surface area contributed by atoms with E-state index in [2.05, 4.69) is 19.2 Å². The average molecular weight is 167 g/mol. The molecule has 1 saturated carbocycles. The van der Waals surface area contributed by atoms with Crippen molar-refractivity contribution in [3.8, 4) is 0 Å². The SMILES string of the molecule is CC1CNCCC1(C)C1CCC1. The van der Waals surface area contributed by atoms with Gasteiger partial charge in [0.25, 0.3) is 0 Å². The minimum absolute atomic E-state index is 0.670. The zero-order valence-corrected chi connectivity index (χ0v) is 8.40. The molecule has 1 nitrogen and oxygen atoms in total. The number of piperidine rings is 1. The lowest BCUT2D eigenvalue weighted by Gasteiger charge is -2.49. The summed E-state index contributed by atoms with van der Waals surface area (Å²) >= 11 is 0. The molecule has 70 valence electrons. The van der Waals surface area contributed by atoms with Crippen LogP contribution in [0.5, 0.6) is 0 Å². The van der Waals surface area contributed by atoms with Gasteiger partial charge in [-0.1, -0.05) is 20.3 Å². The van der Waals surface area contributed by atoms with Gasteiger partial charge < -0.3 is 5.32 Å². The van der Waals surface area contributed by atoms with Gasteiger partial charge in [0.05, 0.1) is 0 Å². The van der Waals surface area contributed by atoms with Crippen LogP contribution in [0.25, 0.3) is 0 Å². The highest BCUT2D eigenvalue weighted by Gasteiger charge is 2.42. The molecule has 2 aliphatic rings. The van der Waals surface area contributed by atoms with Gasteiger partial charge in [-0.3, -0.25) is 0 Å². The highest BCUT2D eigenvalue weighted by Crippen LogP contribution is 2.49. The van der Waals surface area contributed by atoms with Gasteiger partial charge in [-0.05, 0) is 49.6 Å². The third-order valence-electron chi connectivity index (χ3n) is 4.45. The molecule has 0 aromatic rings. The van der Waals surface area contributed by atoms with Crippen LogP contribution in [0.3, 0.4) is 0 Å². The van der Waals surface area contributed by atoms with Gasteiger partial charge in [0, 0.05) is 0 Å². The monoisotopic (exact) mass is 167 g/mol. The van der Waals surface area contributed by atoms with E-state index in [1.165, 1.54) is 38.8 Å². The second kappa shape index (κ2) is 3.02. The Balaban J connectivity index is 2.04. The largest absolute Gasteiger partial charge is 0.316 e. The molecule has 0 aromatic heterocycles. The Bertz CT molecular complexity index is 158. The number of nitrogens with one attached hydrogen (secondary N) is 1. The van der Waals surface area contributed by atoms with Crippen molar-refractivity contribution in [3.63, 3.8) is 0 Å². The predicted octanol–water partition coefficient (Wildman–Crippen LogP) is 2.42. The molecule has 12 heavy (non-hydrogen) atoms. The van der Waals surface area contributed by atoms with Crippen molar-refractivity contribution < 1.29 is 0 Å². The van der Waals surface area contributed by atoms with E-state index in [1.807, 2.05) is 0 Å². The zero-order valence-electron chi connectivity index (χ0n) is 8.40. The molecule has 2 rings (SSSR count). The van der Waals surface area contributed by atoms with E-state index in [-0.39, 0.29) is 0 Å². The Morgan fingerprint density at radius 2 is 2.08 bits per heavy atom. The molecule has 1 saturated heterocycles. The number of hydrogen-bond donors (Lipinski definition) is 1. The van der Waals surface area contributed by atoms with E-state index in [9.17, 15) is 0 Å². The van der Waals surface area contributed by atoms with Crippen LogP contribution in [0.4, 0.5) is 0 Å². The summed E-state index contributed by atoms with van der Waals surface area (Å²) in [5.41, 5.74) is 0.670. The van der Waals surface area contributed by atoms with Crippen LogP contribution >= 0.6 is 0 Å². The van der Waals surface area contributed by atoms with Crippen LogP contribution in [0.1, 0.15) is 39.5 Å². The first kappa shape index (κ1) is 8.55. The Kier molecular flexibility index (Phi) is 2.16. The summed E-state index contributed by atoms with van der Waals surface area (Å²) < 4.78 is 0. The Hall–Kier alpha value is -0.0400. The topological polar surface area (TPSA) is 12.0 Å². The third kappa shape index (κ3) is 1.19. The van der Waals surface area contributed by atoms with E-state index < -0.39 is 0 Å². The summed E-state index contributed by atoms with van der Waals surface area (Å²) in [6.45, 7) is 7.43. The summed E-state index contributed by atoms with van der Waals surface area (Å²) in [4.78, 5) is 0. The molecule has 0 bridgehead atoms. The molecule has 0 spiro atoms. The maximum absolute atomic E-state index is 3.49. The smallest absolute Gasteiger partial charge is 0.00178 e. The number of hydrogen-bond acceptors (Lipinski definition) is 1. The van der Waals surface area contributed by atoms with Crippen LogP contribution in [-0.4, -0.2) is 13.1 Å². The molecule has 2 fully saturated rings. The molecule has 2 unspecified atom stereocenters. The van der Waals surface area contributed by atoms with Crippen molar-refractivity contribution in [2.75, 3.05) is 13.1 Å². The highest BCUT2D eigenvalue weighted by atomic mass is 14.9. The Morgan fingerprint density at radius 3 is 2.58 bits per heavy atom. The third-order valence-corrected chi connectivity index (χ3v) is 4.45. The van der Waals surface area contributed by atoms with Gasteiger partial charge in [-0.2, -0.15) is 0 Å². The van der Waals surface area contributed by atoms with Gasteiger partial charge in [0.2, 0.25) is 0 Å². The van der Waals surface area contributed by atoms with Crippen molar-refractivity contribution in [1.82, 2.24) is 5.32 Å². The van der Waals surface area contributed by atoms with Crippen LogP contribution < -0.4 is 5.32 Å². The van der Waals surface area contributed by atoms with Gasteiger partial charge >= 0.3 is 0 Å². The van der Waals surface area contributed by atoms with E-state index in [1.54, 1.807) is 0 Å². The molecular formula is C11H21N. The lowest BCUT2D eigenvalue weighted by molar-refractivity contribution is 0.0182. The minimum atomic E-state index is 0.670. The molecule has 1 aliphatic carbocycles. The first-order valence-electron chi connectivity index (χ1n) is 5.44. The minimum Gasteiger partial charge on any atom is -0.316 e. The van der Waals surface area contributed by atoms with Crippen molar-refractivity contribution >= 4 is 0 Å². The fourth-order valence-corrected chi connectivity index (χ4v) is 2.83. The van der Waals surface area contributed by atoms with Crippen molar-refractivity contribution in [3.05, 3.63) is 0 Å². The molecule has 0 aromatic carbocycles. The highest BCUT2D eigenvalue weighted by molar-refractivity contribution is 4.94. The van der Waals surface area contributed by atoms with Crippen molar-refractivity contribution in [2.45, 2.75) is 39.5 Å². The maximum Gasteiger partial charge on any atom is -0.00178 e. The molecule has 0 radical (unpaired) electrons. The first-order valence-corrected chi connectivity index (χ1v) is 5.44. The molecular weight excluding hydrogens is 146 g/mol. The fraction of sp³-hybridized carbons (Fsp3) is 1.00. The van der Waals surface area contributed by atoms with E-state index in [0.29, 0.717) is 5.41 Å². The summed E-state index contributed by atoms with van der Waals surface area (Å²) in [7, 11) is 0. The maximum atomic E-state index is 3.49. The van der Waals surface area contributed by atoms with E-state index in [4.69, 9.17) is 0 Å². The average Bonchev–Trinajstić information content (AvgIpc) is 1.92. The molecule has 1 N–H and O–H groups in total. The zero-order chi connectivity index (χ0) is 8.60. The van der Waals surface area contributed by atoms with Crippen LogP contribution in [-0.2, 0) is 0 Å². The van der Waals surface area contributed by atoms with Gasteiger partial charge in [0.15, 0.2) is 0 Å². The summed E-state index contributed by atoms with van der Waals surface area (Å²) in [6, 6.07) is 0. The molecule has 1 aliphatic heterocycles. The lowest BCUT2D eigenvalue weighted by Crippen LogP contribution is -2.48. The summed E-state index contributed by atoms with van der Waals surface area (Å²) in [5, 5.41) is 3.49. The van der Waals surface area contributed by atoms with E-state index >= 15 is 0 Å². The van der Waals surface area contributed by atoms with Crippen LogP contribution in [0.15, 0.2) is 0 Å². The molecule has 2 atom stereocenters. The molecule has 0 amide bonds. The standard InChI is InChI=1S/C11H21N/c1-9-8-12-7-6-11(9,2)10-4-3-5-10/h9-10,12H,3-8H2,1-2H3. The van der Waals surface area contributed by atoms with Gasteiger partial charge in [-0.25, -0.2) is 0 Å². The van der Waals surface area contributed by atoms with Crippen molar-refractivity contribution in [1.29, 1.82) is 0 Å². The quantitative estimate of drug-likeness (QED) is 0.632. The van der Waals surface area contributed by atoms with Gasteiger partial charge in [-0.15, -0.1) is 0 Å². The van der Waals surface area contributed by atoms with Crippen molar-refractivity contribution in [2.24, 2.45) is 17.3 Å². The summed E-state index contributed by atoms with van der Waals surface area (Å²) in [6.07, 6.45) is 5.89. The summed E-state index contributed by atoms with van der Waals surface area (Å²) in [5.74, 6) is 1.94. The fourth-order valence-electron chi connectivity index (χ4n) is 2.83. The van der Waals surface area contributed by atoms with E-state index in [0.717, 1.165) is 11.8 Å². The second-order valence-electron chi connectivity index (χ2n) is 4.99. The van der Waals surface area contributed by atoms with Crippen LogP contribution in [0.2, 0.25) is 0 Å². The Morgan fingerprint density at radius 1 is 1.33 bits per heavy atom. The first-order chi connectivity index (χ1) is 5.73. The molecule has 1 heteroatoms. The second-order valence-corrected chi connectivity index (χ2v) is 4.99. The van der Waals surface area contributed by atoms with Crippen LogP contribution in [0, 0.1) is 17.3 Å². The van der Waals surface area contributed by atoms with Gasteiger partial charge in [0.1, 0.15) is 0 Å². The lowest BCUT2D eigenvalue weighted by atomic mass is 9.58. The normalized spacial score (nSPS) is 44.0. The number of rotatable bonds is 1. The Labute approximate surface area is 75.9 Å².